The molecule has 0 atom stereocenters. The van der Waals surface area contributed by atoms with Crippen molar-refractivity contribution in [2.45, 2.75) is 18.8 Å². The number of hydrogen-bond donors (Lipinski definition) is 1. The topological polar surface area (TPSA) is 12.0 Å². The molecule has 0 fully saturated rings. The lowest BCUT2D eigenvalue weighted by molar-refractivity contribution is 0.615. The minimum atomic E-state index is 0.471. The van der Waals surface area contributed by atoms with Gasteiger partial charge in [-0.1, -0.05) is 103 Å². The zero-order valence-electron chi connectivity index (χ0n) is 15.2. The van der Waals surface area contributed by atoms with Crippen LogP contribution in [0.1, 0.15) is 35.4 Å². The Morgan fingerprint density at radius 3 is 1.81 bits per heavy atom. The van der Waals surface area contributed by atoms with Crippen molar-refractivity contribution in [2.75, 3.05) is 13.1 Å². The Bertz CT molecular complexity index is 724. The first kappa shape index (κ1) is 18.2. The second-order valence-corrected chi connectivity index (χ2v) is 6.53. The van der Waals surface area contributed by atoms with E-state index >= 15 is 0 Å². The van der Waals surface area contributed by atoms with Crippen LogP contribution < -0.4 is 5.32 Å². The molecule has 0 aliphatic heterocycles. The van der Waals surface area contributed by atoms with E-state index in [1.807, 2.05) is 6.07 Å². The van der Waals surface area contributed by atoms with Gasteiger partial charge in [0.1, 0.15) is 0 Å². The molecule has 3 rings (SSSR count). The van der Waals surface area contributed by atoms with E-state index in [1.165, 1.54) is 16.7 Å². The molecular formula is C25H27N. The van der Waals surface area contributed by atoms with Crippen LogP contribution in [-0.4, -0.2) is 13.1 Å². The van der Waals surface area contributed by atoms with Crippen LogP contribution >= 0.6 is 0 Å². The van der Waals surface area contributed by atoms with E-state index in [-0.39, 0.29) is 0 Å². The Morgan fingerprint density at radius 2 is 1.23 bits per heavy atom. The van der Waals surface area contributed by atoms with E-state index in [2.05, 4.69) is 102 Å². The molecule has 0 amide bonds. The average molecular weight is 341 g/mol. The summed E-state index contributed by atoms with van der Waals surface area (Å²) in [7, 11) is 0. The summed E-state index contributed by atoms with van der Waals surface area (Å²) in [6.45, 7) is 1.95. The second-order valence-electron chi connectivity index (χ2n) is 6.53. The Balaban J connectivity index is 1.47. The lowest BCUT2D eigenvalue weighted by atomic mass is 9.87. The Kier molecular flexibility index (Phi) is 7.25. The van der Waals surface area contributed by atoms with E-state index in [0.717, 1.165) is 25.9 Å². The quantitative estimate of drug-likeness (QED) is 0.478. The number of nitrogens with one attached hydrogen (secondary N) is 1. The lowest BCUT2D eigenvalue weighted by Gasteiger charge is -2.18. The molecule has 0 unspecified atom stereocenters. The van der Waals surface area contributed by atoms with Crippen molar-refractivity contribution < 1.29 is 0 Å². The molecule has 0 heterocycles. The number of hydrogen-bond acceptors (Lipinski definition) is 1. The minimum absolute atomic E-state index is 0.471. The average Bonchev–Trinajstić information content (AvgIpc) is 2.72. The van der Waals surface area contributed by atoms with Gasteiger partial charge in [0, 0.05) is 12.5 Å². The molecule has 132 valence electrons. The maximum Gasteiger partial charge on any atom is 0.0138 e. The summed E-state index contributed by atoms with van der Waals surface area (Å²) < 4.78 is 0. The largest absolute Gasteiger partial charge is 0.313 e. The van der Waals surface area contributed by atoms with Crippen LogP contribution in [0.4, 0.5) is 0 Å². The van der Waals surface area contributed by atoms with Gasteiger partial charge in [-0.25, -0.2) is 0 Å². The van der Waals surface area contributed by atoms with Crippen molar-refractivity contribution in [3.63, 3.8) is 0 Å². The molecular weight excluding hydrogens is 314 g/mol. The van der Waals surface area contributed by atoms with E-state index < -0.39 is 0 Å². The van der Waals surface area contributed by atoms with E-state index in [0.29, 0.717) is 5.92 Å². The summed E-state index contributed by atoms with van der Waals surface area (Å²) in [5.74, 6) is 0.471. The molecule has 3 aromatic carbocycles. The van der Waals surface area contributed by atoms with Crippen LogP contribution in [0, 0.1) is 0 Å². The molecule has 0 aromatic heterocycles. The van der Waals surface area contributed by atoms with Crippen molar-refractivity contribution >= 4 is 6.08 Å². The van der Waals surface area contributed by atoms with Gasteiger partial charge in [-0.15, -0.1) is 0 Å². The third-order valence-electron chi connectivity index (χ3n) is 4.62. The normalized spacial score (nSPS) is 11.3. The molecule has 0 aliphatic rings. The molecule has 0 aliphatic carbocycles. The molecule has 1 N–H and O–H groups in total. The van der Waals surface area contributed by atoms with Crippen molar-refractivity contribution in [1.82, 2.24) is 5.32 Å². The summed E-state index contributed by atoms with van der Waals surface area (Å²) in [6, 6.07) is 32.1. The van der Waals surface area contributed by atoms with E-state index in [1.54, 1.807) is 0 Å². The molecule has 3 aromatic rings. The zero-order chi connectivity index (χ0) is 17.9. The fraction of sp³-hybridized carbons (Fsp3) is 0.200. The molecule has 0 saturated heterocycles. The van der Waals surface area contributed by atoms with Crippen molar-refractivity contribution in [1.29, 1.82) is 0 Å². The standard InChI is InChI=1S/C25H27N/c1-4-12-22(13-5-1)14-10-20-26-21-11-19-25(23-15-6-2-7-16-23)24-17-8-3-9-18-24/h1-10,12-18,25-26H,11,19-21H2/b14-10+. The minimum Gasteiger partial charge on any atom is -0.313 e. The number of rotatable bonds is 9. The van der Waals surface area contributed by atoms with Crippen LogP contribution in [0.25, 0.3) is 6.08 Å². The van der Waals surface area contributed by atoms with Gasteiger partial charge in [-0.2, -0.15) is 0 Å². The zero-order valence-corrected chi connectivity index (χ0v) is 15.2. The van der Waals surface area contributed by atoms with Gasteiger partial charge in [0.25, 0.3) is 0 Å². The highest BCUT2D eigenvalue weighted by Crippen LogP contribution is 2.28. The number of benzene rings is 3. The maximum atomic E-state index is 3.53. The molecule has 0 radical (unpaired) electrons. The van der Waals surface area contributed by atoms with Gasteiger partial charge in [0.15, 0.2) is 0 Å². The van der Waals surface area contributed by atoms with Gasteiger partial charge in [0.2, 0.25) is 0 Å². The first-order chi connectivity index (χ1) is 12.9. The fourth-order valence-corrected chi connectivity index (χ4v) is 3.27. The van der Waals surface area contributed by atoms with Crippen LogP contribution in [0.15, 0.2) is 97.1 Å². The van der Waals surface area contributed by atoms with Crippen LogP contribution in [0.3, 0.4) is 0 Å². The summed E-state index contributed by atoms with van der Waals surface area (Å²) in [5.41, 5.74) is 4.06. The first-order valence-electron chi connectivity index (χ1n) is 9.46. The van der Waals surface area contributed by atoms with Crippen LogP contribution in [-0.2, 0) is 0 Å². The highest BCUT2D eigenvalue weighted by atomic mass is 14.8. The highest BCUT2D eigenvalue weighted by Gasteiger charge is 2.12. The van der Waals surface area contributed by atoms with E-state index in [9.17, 15) is 0 Å². The van der Waals surface area contributed by atoms with E-state index in [4.69, 9.17) is 0 Å². The molecule has 0 spiro atoms. The summed E-state index contributed by atoms with van der Waals surface area (Å²) in [4.78, 5) is 0. The molecule has 0 saturated carbocycles. The highest BCUT2D eigenvalue weighted by molar-refractivity contribution is 5.48. The van der Waals surface area contributed by atoms with Crippen LogP contribution in [0.5, 0.6) is 0 Å². The summed E-state index contributed by atoms with van der Waals surface area (Å²) >= 11 is 0. The summed E-state index contributed by atoms with van der Waals surface area (Å²) in [6.07, 6.45) is 6.68. The third-order valence-corrected chi connectivity index (χ3v) is 4.62. The summed E-state index contributed by atoms with van der Waals surface area (Å²) in [5, 5.41) is 3.53. The maximum absolute atomic E-state index is 3.53. The van der Waals surface area contributed by atoms with Gasteiger partial charge >= 0.3 is 0 Å². The van der Waals surface area contributed by atoms with Crippen molar-refractivity contribution in [3.05, 3.63) is 114 Å². The Hall–Kier alpha value is -2.64. The second kappa shape index (κ2) is 10.4. The van der Waals surface area contributed by atoms with Gasteiger partial charge in [0.05, 0.1) is 0 Å². The van der Waals surface area contributed by atoms with Gasteiger partial charge in [-0.05, 0) is 36.1 Å². The monoisotopic (exact) mass is 341 g/mol. The molecule has 26 heavy (non-hydrogen) atoms. The smallest absolute Gasteiger partial charge is 0.0138 e. The molecule has 1 nitrogen and oxygen atoms in total. The predicted octanol–water partition coefficient (Wildman–Crippen LogP) is 5.90. The van der Waals surface area contributed by atoms with Crippen molar-refractivity contribution in [3.8, 4) is 0 Å². The van der Waals surface area contributed by atoms with Gasteiger partial charge in [-0.3, -0.25) is 0 Å². The third kappa shape index (κ3) is 5.72. The SMILES string of the molecule is C(=C\c1ccccc1)/CNCCCC(c1ccccc1)c1ccccc1. The Morgan fingerprint density at radius 1 is 0.692 bits per heavy atom. The first-order valence-corrected chi connectivity index (χ1v) is 9.46. The Labute approximate surface area is 157 Å². The van der Waals surface area contributed by atoms with Gasteiger partial charge < -0.3 is 5.32 Å². The predicted molar refractivity (Wildman–Crippen MR) is 112 cm³/mol. The van der Waals surface area contributed by atoms with Crippen molar-refractivity contribution in [2.24, 2.45) is 0 Å². The molecule has 1 heteroatoms. The fourth-order valence-electron chi connectivity index (χ4n) is 3.27. The van der Waals surface area contributed by atoms with Crippen LogP contribution in [0.2, 0.25) is 0 Å². The lowest BCUT2D eigenvalue weighted by Crippen LogP contribution is -2.16. The molecule has 0 bridgehead atoms.